The summed E-state index contributed by atoms with van der Waals surface area (Å²) in [5.74, 6) is 1.63. The van der Waals surface area contributed by atoms with Gasteiger partial charge in [-0.25, -0.2) is 18.4 Å². The number of piperazine rings is 1. The van der Waals surface area contributed by atoms with Gasteiger partial charge in [-0.3, -0.25) is 4.90 Å². The zero-order chi connectivity index (χ0) is 24.1. The number of nitrogens with one attached hydrogen (secondary N) is 1. The lowest BCUT2D eigenvalue weighted by atomic mass is 10.1. The van der Waals surface area contributed by atoms with E-state index in [4.69, 9.17) is 9.97 Å². The number of hydrogen-bond acceptors (Lipinski definition) is 7. The molecule has 0 spiro atoms. The summed E-state index contributed by atoms with van der Waals surface area (Å²) in [6.45, 7) is 6.81. The number of benzene rings is 1. The molecule has 2 aromatic rings. The summed E-state index contributed by atoms with van der Waals surface area (Å²) in [7, 11) is 0.824. The number of sulfonamides is 1. The fourth-order valence-electron chi connectivity index (χ4n) is 4.39. The molecule has 2 aliphatic rings. The van der Waals surface area contributed by atoms with Crippen LogP contribution in [0.2, 0.25) is 0 Å². The average Bonchev–Trinajstić information content (AvgIpc) is 2.82. The van der Waals surface area contributed by atoms with Gasteiger partial charge in [-0.2, -0.15) is 4.31 Å². The van der Waals surface area contributed by atoms with Gasteiger partial charge in [-0.1, -0.05) is 35.9 Å². The zero-order valence-electron chi connectivity index (χ0n) is 20.4. The molecule has 184 valence electrons. The van der Waals surface area contributed by atoms with Crippen molar-refractivity contribution in [3.8, 4) is 0 Å². The Kier molecular flexibility index (Phi) is 7.98. The van der Waals surface area contributed by atoms with Crippen molar-refractivity contribution < 1.29 is 8.42 Å². The molecule has 0 radical (unpaired) electrons. The minimum atomic E-state index is -3.33. The Balaban J connectivity index is 1.39. The Morgan fingerprint density at radius 2 is 1.88 bits per heavy atom. The number of hydrogen-bond donors (Lipinski definition) is 1. The first kappa shape index (κ1) is 24.8. The molecular weight excluding hydrogens is 448 g/mol. The lowest BCUT2D eigenvalue weighted by molar-refractivity contribution is 0.178. The highest BCUT2D eigenvalue weighted by Gasteiger charge is 2.33. The number of rotatable bonds is 9. The topological polar surface area (TPSA) is 81.7 Å². The first-order valence-corrected chi connectivity index (χ1v) is 13.5. The molecule has 9 heteroatoms. The van der Waals surface area contributed by atoms with Gasteiger partial charge in [0.1, 0.15) is 11.6 Å². The van der Waals surface area contributed by atoms with Crippen LogP contribution in [0.15, 0.2) is 48.1 Å². The fraction of sp³-hybridized carbons (Fsp3) is 0.520. The van der Waals surface area contributed by atoms with E-state index in [0.717, 1.165) is 47.6 Å². The highest BCUT2D eigenvalue weighted by atomic mass is 32.2. The summed E-state index contributed by atoms with van der Waals surface area (Å²) >= 11 is 0. The maximum absolute atomic E-state index is 13.1. The molecule has 1 aromatic heterocycles. The molecule has 0 bridgehead atoms. The highest BCUT2D eigenvalue weighted by molar-refractivity contribution is 7.89. The molecule has 1 fully saturated rings. The van der Waals surface area contributed by atoms with Crippen LogP contribution in [0.3, 0.4) is 0 Å². The normalized spacial score (nSPS) is 20.1. The quantitative estimate of drug-likeness (QED) is 0.548. The number of para-hydroxylation sites is 1. The van der Waals surface area contributed by atoms with Crippen molar-refractivity contribution >= 4 is 26.7 Å². The number of nitrogens with zero attached hydrogens (tertiary/aromatic N) is 5. The van der Waals surface area contributed by atoms with Crippen molar-refractivity contribution in [1.29, 1.82) is 0 Å². The van der Waals surface area contributed by atoms with Gasteiger partial charge in [0.05, 0.1) is 17.3 Å². The van der Waals surface area contributed by atoms with Gasteiger partial charge in [0, 0.05) is 38.1 Å². The lowest BCUT2D eigenvalue weighted by Crippen LogP contribution is -2.50. The molecule has 1 N–H and O–H groups in total. The largest absolute Gasteiger partial charge is 0.369 e. The Morgan fingerprint density at radius 3 is 2.59 bits per heavy atom. The van der Waals surface area contributed by atoms with E-state index in [9.17, 15) is 8.42 Å². The molecule has 34 heavy (non-hydrogen) atoms. The molecule has 0 saturated carbocycles. The molecular formula is C25H36N6O2S. The van der Waals surface area contributed by atoms with E-state index < -0.39 is 15.3 Å². The van der Waals surface area contributed by atoms with E-state index in [1.807, 2.05) is 49.4 Å². The Bertz CT molecular complexity index is 1150. The lowest BCUT2D eigenvalue weighted by Gasteiger charge is -2.35. The molecule has 0 amide bonds. The smallest absolute Gasteiger partial charge is 0.220 e. The number of anilines is 1. The highest BCUT2D eigenvalue weighted by Crippen LogP contribution is 2.23. The van der Waals surface area contributed by atoms with Crippen LogP contribution in [0.1, 0.15) is 25.6 Å². The maximum atomic E-state index is 13.1. The van der Waals surface area contributed by atoms with Crippen LogP contribution in [0, 0.1) is 0 Å². The van der Waals surface area contributed by atoms with Crippen LogP contribution < -0.4 is 5.32 Å². The van der Waals surface area contributed by atoms with Gasteiger partial charge in [0.2, 0.25) is 10.0 Å². The number of fused-ring (bicyclic) bond motifs is 1. The molecule has 1 aromatic carbocycles. The van der Waals surface area contributed by atoms with Crippen LogP contribution in [0.25, 0.3) is 10.9 Å². The molecule has 8 nitrogen and oxygen atoms in total. The summed E-state index contributed by atoms with van der Waals surface area (Å²) < 4.78 is 27.8. The number of allylic oxidation sites excluding steroid dienone is 3. The van der Waals surface area contributed by atoms with E-state index >= 15 is 0 Å². The predicted molar refractivity (Wildman–Crippen MR) is 138 cm³/mol. The van der Waals surface area contributed by atoms with Gasteiger partial charge in [-0.05, 0) is 52.5 Å². The Morgan fingerprint density at radius 1 is 1.12 bits per heavy atom. The van der Waals surface area contributed by atoms with Crippen molar-refractivity contribution in [2.75, 3.05) is 58.7 Å². The van der Waals surface area contributed by atoms with Crippen molar-refractivity contribution in [2.45, 2.75) is 31.6 Å². The molecule has 1 aliphatic heterocycles. The van der Waals surface area contributed by atoms with Crippen molar-refractivity contribution in [3.05, 3.63) is 53.9 Å². The van der Waals surface area contributed by atoms with Gasteiger partial charge >= 0.3 is 0 Å². The van der Waals surface area contributed by atoms with Crippen molar-refractivity contribution in [1.82, 2.24) is 24.1 Å². The minimum Gasteiger partial charge on any atom is -0.369 e. The van der Waals surface area contributed by atoms with Crippen LogP contribution in [-0.4, -0.2) is 91.1 Å². The van der Waals surface area contributed by atoms with Gasteiger partial charge < -0.3 is 10.2 Å². The van der Waals surface area contributed by atoms with Gasteiger partial charge in [0.25, 0.3) is 0 Å². The maximum Gasteiger partial charge on any atom is 0.220 e. The summed E-state index contributed by atoms with van der Waals surface area (Å²) in [6, 6.07) is 8.07. The van der Waals surface area contributed by atoms with E-state index in [-0.39, 0.29) is 0 Å². The molecule has 1 aliphatic carbocycles. The molecule has 4 rings (SSSR count). The minimum absolute atomic E-state index is 0.451. The monoisotopic (exact) mass is 484 g/mol. The second-order valence-corrected chi connectivity index (χ2v) is 11.5. The third kappa shape index (κ3) is 6.02. The second-order valence-electron chi connectivity index (χ2n) is 9.39. The van der Waals surface area contributed by atoms with E-state index in [0.29, 0.717) is 39.1 Å². The third-order valence-corrected chi connectivity index (χ3v) is 8.61. The Hall–Kier alpha value is -2.33. The summed E-state index contributed by atoms with van der Waals surface area (Å²) in [5.41, 5.74) is 2.05. The van der Waals surface area contributed by atoms with Crippen molar-refractivity contribution in [3.63, 3.8) is 0 Å². The molecule has 2 heterocycles. The van der Waals surface area contributed by atoms with E-state index in [1.165, 1.54) is 0 Å². The van der Waals surface area contributed by atoms with Crippen LogP contribution >= 0.6 is 0 Å². The van der Waals surface area contributed by atoms with Gasteiger partial charge in [-0.15, -0.1) is 0 Å². The second kappa shape index (κ2) is 10.9. The number of aromatic nitrogens is 2. The first-order valence-electron chi connectivity index (χ1n) is 12.0. The summed E-state index contributed by atoms with van der Waals surface area (Å²) in [4.78, 5) is 14.0. The fourth-order valence-corrected chi connectivity index (χ4v) is 6.07. The first-order chi connectivity index (χ1) is 16.3. The van der Waals surface area contributed by atoms with Crippen molar-refractivity contribution in [2.24, 2.45) is 0 Å². The molecule has 1 saturated heterocycles. The standard InChI is InChI=1S/C25H36N6O2S/c1-20-9-11-21(12-10-20)34(32,33)31-17-15-30(16-18-31)19-24-27-23-8-5-4-7-22(23)25(28-24)26-13-6-14-29(2)3/h4-5,7-11,21H,6,12-19H2,1-3H3,(H,26,27,28). The summed E-state index contributed by atoms with van der Waals surface area (Å²) in [6.07, 6.45) is 7.32. The van der Waals surface area contributed by atoms with E-state index in [2.05, 4.69) is 29.2 Å². The zero-order valence-corrected chi connectivity index (χ0v) is 21.3. The molecule has 1 atom stereocenters. The Labute approximate surface area is 203 Å². The average molecular weight is 485 g/mol. The van der Waals surface area contributed by atoms with Crippen LogP contribution in [0.5, 0.6) is 0 Å². The summed E-state index contributed by atoms with van der Waals surface area (Å²) in [5, 5.41) is 4.07. The third-order valence-electron chi connectivity index (χ3n) is 6.41. The van der Waals surface area contributed by atoms with Crippen LogP contribution in [-0.2, 0) is 16.6 Å². The predicted octanol–water partition coefficient (Wildman–Crippen LogP) is 2.72. The molecule has 1 unspecified atom stereocenters. The van der Waals surface area contributed by atoms with E-state index in [1.54, 1.807) is 4.31 Å². The van der Waals surface area contributed by atoms with Crippen LogP contribution in [0.4, 0.5) is 5.82 Å². The van der Waals surface area contributed by atoms with Gasteiger partial charge in [0.15, 0.2) is 0 Å². The SMILES string of the molecule is CC1=CCC(S(=O)(=O)N2CCN(Cc3nc(NCCCN(C)C)c4ccccc4n3)CC2)C=C1.